The van der Waals surface area contributed by atoms with Crippen LogP contribution in [0.5, 0.6) is 0 Å². The van der Waals surface area contributed by atoms with Crippen molar-refractivity contribution in [1.29, 1.82) is 0 Å². The molecule has 0 saturated carbocycles. The second-order valence-electron chi connectivity index (χ2n) is 16.7. The number of quaternary nitrogens is 1. The summed E-state index contributed by atoms with van der Waals surface area (Å²) in [5, 5.41) is 0. The predicted molar refractivity (Wildman–Crippen MR) is 245 cm³/mol. The van der Waals surface area contributed by atoms with Crippen LogP contribution in [0.25, 0.3) is 0 Å². The van der Waals surface area contributed by atoms with Gasteiger partial charge in [-0.1, -0.05) is 184 Å². The molecule has 338 valence electrons. The van der Waals surface area contributed by atoms with Gasteiger partial charge in [-0.15, -0.1) is 0 Å². The molecule has 0 spiro atoms. The molecule has 2 atom stereocenters. The van der Waals surface area contributed by atoms with E-state index in [4.69, 9.17) is 18.5 Å². The third-order valence-corrected chi connectivity index (χ3v) is 10.8. The first kappa shape index (κ1) is 56.2. The fraction of sp³-hybridized carbons (Fsp3) is 0.776. The molecule has 0 saturated heterocycles. The third kappa shape index (κ3) is 45.3. The topological polar surface area (TPSA) is 94.1 Å². The van der Waals surface area contributed by atoms with Crippen LogP contribution < -0.4 is 4.89 Å². The van der Waals surface area contributed by atoms with Gasteiger partial charge in [-0.2, -0.15) is 0 Å². The lowest BCUT2D eigenvalue weighted by atomic mass is 10.0. The van der Waals surface area contributed by atoms with Crippen molar-refractivity contribution >= 4 is 13.8 Å². The third-order valence-electron chi connectivity index (χ3n) is 9.83. The van der Waals surface area contributed by atoms with Gasteiger partial charge in [0.05, 0.1) is 34.4 Å². The van der Waals surface area contributed by atoms with Crippen LogP contribution in [0.1, 0.15) is 187 Å². The van der Waals surface area contributed by atoms with E-state index >= 15 is 0 Å². The lowest BCUT2D eigenvalue weighted by molar-refractivity contribution is -0.870. The van der Waals surface area contributed by atoms with Crippen LogP contribution in [-0.4, -0.2) is 70.7 Å². The number of carbonyl (C=O) groups is 1. The summed E-state index contributed by atoms with van der Waals surface area (Å²) < 4.78 is 34.6. The zero-order chi connectivity index (χ0) is 42.7. The Balaban J connectivity index is 4.27. The maximum absolute atomic E-state index is 12.7. The number of carbonyl (C=O) groups excluding carboxylic acids is 1. The first-order valence-corrected chi connectivity index (χ1v) is 25.0. The normalized spacial score (nSPS) is 14.2. The Kier molecular flexibility index (Phi) is 40.6. The molecule has 0 radical (unpaired) electrons. The number of hydrogen-bond acceptors (Lipinski definition) is 7. The highest BCUT2D eigenvalue weighted by Gasteiger charge is 2.20. The van der Waals surface area contributed by atoms with Crippen LogP contribution in [-0.2, 0) is 27.9 Å². The van der Waals surface area contributed by atoms with E-state index in [-0.39, 0.29) is 32.2 Å². The van der Waals surface area contributed by atoms with Gasteiger partial charge in [-0.25, -0.2) is 0 Å². The Labute approximate surface area is 358 Å². The van der Waals surface area contributed by atoms with Crippen molar-refractivity contribution in [2.24, 2.45) is 0 Å². The summed E-state index contributed by atoms with van der Waals surface area (Å²) in [7, 11) is 1.33. The quantitative estimate of drug-likeness (QED) is 0.0198. The first-order chi connectivity index (χ1) is 28.1. The molecule has 0 amide bonds. The fourth-order valence-corrected chi connectivity index (χ4v) is 6.95. The number of unbranched alkanes of at least 4 members (excludes halogenated alkanes) is 19. The molecule has 0 aromatic rings. The molecule has 8 nitrogen and oxygen atoms in total. The van der Waals surface area contributed by atoms with E-state index < -0.39 is 13.9 Å². The minimum atomic E-state index is -4.54. The van der Waals surface area contributed by atoms with E-state index in [9.17, 15) is 14.3 Å². The molecule has 0 fully saturated rings. The smallest absolute Gasteiger partial charge is 0.306 e. The van der Waals surface area contributed by atoms with E-state index in [2.05, 4.69) is 74.6 Å². The average Bonchev–Trinajstić information content (AvgIpc) is 3.18. The molecule has 0 aliphatic carbocycles. The van der Waals surface area contributed by atoms with Gasteiger partial charge >= 0.3 is 5.97 Å². The molecular formula is C49H90NO7P. The minimum Gasteiger partial charge on any atom is -0.756 e. The summed E-state index contributed by atoms with van der Waals surface area (Å²) >= 11 is 0. The molecular weight excluding hydrogens is 746 g/mol. The maximum Gasteiger partial charge on any atom is 0.306 e. The second-order valence-corrected chi connectivity index (χ2v) is 18.2. The van der Waals surface area contributed by atoms with E-state index in [1.807, 2.05) is 21.1 Å². The SMILES string of the molecule is CC/C=C\C/C=C\C/C=C\C/C=C\C/C=C\CCCCCC(=O)OC(COCCCCCCCCCCCCCCCCCCC)COP(=O)([O-])OCC[N+](C)(C)C. The number of nitrogens with zero attached hydrogens (tertiary/aromatic N) is 1. The summed E-state index contributed by atoms with van der Waals surface area (Å²) in [6, 6.07) is 0. The number of esters is 1. The summed E-state index contributed by atoms with van der Waals surface area (Å²) in [6.45, 7) is 5.27. The molecule has 9 heteroatoms. The number of phosphoric ester groups is 1. The van der Waals surface area contributed by atoms with E-state index in [1.165, 1.54) is 96.3 Å². The maximum atomic E-state index is 12.7. The average molecular weight is 836 g/mol. The van der Waals surface area contributed by atoms with Crippen LogP contribution in [0.2, 0.25) is 0 Å². The van der Waals surface area contributed by atoms with E-state index in [0.29, 0.717) is 24.1 Å². The zero-order valence-corrected chi connectivity index (χ0v) is 39.1. The van der Waals surface area contributed by atoms with Crippen LogP contribution >= 0.6 is 7.82 Å². The molecule has 0 aliphatic rings. The summed E-state index contributed by atoms with van der Waals surface area (Å²) in [5.41, 5.74) is 0. The second kappa shape index (κ2) is 41.9. The van der Waals surface area contributed by atoms with E-state index in [0.717, 1.165) is 64.2 Å². The lowest BCUT2D eigenvalue weighted by Crippen LogP contribution is -2.37. The summed E-state index contributed by atoms with van der Waals surface area (Å²) in [5.74, 6) is -0.364. The van der Waals surface area contributed by atoms with Gasteiger partial charge in [0.1, 0.15) is 19.3 Å². The first-order valence-electron chi connectivity index (χ1n) is 23.5. The van der Waals surface area contributed by atoms with Gasteiger partial charge in [0, 0.05) is 13.0 Å². The lowest BCUT2D eigenvalue weighted by Gasteiger charge is -2.28. The van der Waals surface area contributed by atoms with Crippen molar-refractivity contribution in [3.05, 3.63) is 60.8 Å². The van der Waals surface area contributed by atoms with Crippen molar-refractivity contribution in [2.75, 3.05) is 54.1 Å². The molecule has 0 heterocycles. The molecule has 0 aromatic carbocycles. The molecule has 0 bridgehead atoms. The number of likely N-dealkylation sites (N-methyl/N-ethyl adjacent to an activating group) is 1. The minimum absolute atomic E-state index is 0.0180. The van der Waals surface area contributed by atoms with Crippen molar-refractivity contribution in [2.45, 2.75) is 193 Å². The Bertz CT molecular complexity index is 1110. The van der Waals surface area contributed by atoms with E-state index in [1.54, 1.807) is 0 Å². The van der Waals surface area contributed by atoms with Crippen molar-refractivity contribution in [3.63, 3.8) is 0 Å². The molecule has 0 N–H and O–H groups in total. The Morgan fingerprint density at radius 1 is 0.552 bits per heavy atom. The highest BCUT2D eigenvalue weighted by Crippen LogP contribution is 2.38. The highest BCUT2D eigenvalue weighted by atomic mass is 31.2. The summed E-state index contributed by atoms with van der Waals surface area (Å²) in [6.07, 6.45) is 52.4. The van der Waals surface area contributed by atoms with Gasteiger partial charge in [-0.3, -0.25) is 9.36 Å². The van der Waals surface area contributed by atoms with Crippen molar-refractivity contribution < 1.29 is 37.3 Å². The number of rotatable bonds is 43. The number of allylic oxidation sites excluding steroid dienone is 10. The molecule has 0 aromatic heterocycles. The van der Waals surface area contributed by atoms with Gasteiger partial charge in [0.2, 0.25) is 0 Å². The molecule has 58 heavy (non-hydrogen) atoms. The van der Waals surface area contributed by atoms with Crippen LogP contribution in [0.15, 0.2) is 60.8 Å². The van der Waals surface area contributed by atoms with Gasteiger partial charge < -0.3 is 27.9 Å². The predicted octanol–water partition coefficient (Wildman–Crippen LogP) is 13.5. The zero-order valence-electron chi connectivity index (χ0n) is 38.2. The molecule has 0 aliphatic heterocycles. The number of hydrogen-bond donors (Lipinski definition) is 0. The highest BCUT2D eigenvalue weighted by molar-refractivity contribution is 7.45. The largest absolute Gasteiger partial charge is 0.756 e. The van der Waals surface area contributed by atoms with Gasteiger partial charge in [0.15, 0.2) is 0 Å². The van der Waals surface area contributed by atoms with Gasteiger partial charge in [0.25, 0.3) is 7.82 Å². The van der Waals surface area contributed by atoms with Crippen molar-refractivity contribution in [1.82, 2.24) is 0 Å². The number of ether oxygens (including phenoxy) is 2. The number of phosphoric acid groups is 1. The van der Waals surface area contributed by atoms with Crippen LogP contribution in [0.4, 0.5) is 0 Å². The fourth-order valence-electron chi connectivity index (χ4n) is 6.22. The monoisotopic (exact) mass is 836 g/mol. The standard InChI is InChI=1S/C49H90NO7P/c1-6-8-10-12-14-16-18-20-22-24-25-26-28-30-32-34-36-38-40-42-49(51)57-48(47-56-58(52,53)55-45-43-50(3,4)5)46-54-44-41-39-37-35-33-31-29-27-23-21-19-17-15-13-11-9-7-2/h8,10,14,16,20,22,25-26,30,32,48H,6-7,9,11-13,15,17-19,21,23-24,27-29,31,33-47H2,1-5H3/b10-8-,16-14-,22-20-,26-25-,32-30-. The van der Waals surface area contributed by atoms with Crippen molar-refractivity contribution in [3.8, 4) is 0 Å². The molecule has 0 rings (SSSR count). The van der Waals surface area contributed by atoms with Gasteiger partial charge in [-0.05, 0) is 57.8 Å². The molecule has 2 unspecified atom stereocenters. The van der Waals surface area contributed by atoms with Crippen LogP contribution in [0.3, 0.4) is 0 Å². The Hall–Kier alpha value is -1.80. The van der Waals surface area contributed by atoms with Crippen LogP contribution in [0, 0.1) is 0 Å². The summed E-state index contributed by atoms with van der Waals surface area (Å²) in [4.78, 5) is 25.1. The Morgan fingerprint density at radius 3 is 1.48 bits per heavy atom. The Morgan fingerprint density at radius 2 is 1.00 bits per heavy atom.